The summed E-state index contributed by atoms with van der Waals surface area (Å²) in [5.41, 5.74) is 0. The third kappa shape index (κ3) is 4.43. The number of aliphatic hydroxyl groups excluding tert-OH is 1. The smallest absolute Gasteiger partial charge is 0.318 e. The first-order valence-electron chi connectivity index (χ1n) is 2.65. The van der Waals surface area contributed by atoms with Gasteiger partial charge in [0.1, 0.15) is 0 Å². The minimum Gasteiger partial charge on any atom is -0.392 e. The van der Waals surface area contributed by atoms with E-state index in [2.05, 4.69) is 0 Å². The Labute approximate surface area is 66.4 Å². The summed E-state index contributed by atoms with van der Waals surface area (Å²) < 4.78 is 40.8. The standard InChI is InChI=1S/C3H9NO5S2/c1-3(5)2-4-11(8,9)10(6)7/h3-5H,2H2,1H3,(H,6,7). The Hall–Kier alpha value is -0.0200. The average Bonchev–Trinajstić information content (AvgIpc) is 1.84. The van der Waals surface area contributed by atoms with Crippen LogP contribution in [-0.2, 0) is 19.2 Å². The van der Waals surface area contributed by atoms with Crippen LogP contribution in [0.3, 0.4) is 0 Å². The first-order valence-corrected chi connectivity index (χ1v) is 5.76. The Balaban J connectivity index is 4.06. The van der Waals surface area contributed by atoms with Gasteiger partial charge in [-0.25, -0.2) is 4.21 Å². The van der Waals surface area contributed by atoms with Crippen LogP contribution in [0.15, 0.2) is 0 Å². The highest BCUT2D eigenvalue weighted by Gasteiger charge is 2.17. The van der Waals surface area contributed by atoms with Gasteiger partial charge in [-0.2, -0.15) is 13.1 Å². The lowest BCUT2D eigenvalue weighted by atomic mass is 10.4. The van der Waals surface area contributed by atoms with Gasteiger partial charge in [0.05, 0.1) is 6.10 Å². The molecule has 0 aliphatic carbocycles. The molecule has 2 unspecified atom stereocenters. The van der Waals surface area contributed by atoms with Crippen LogP contribution in [0, 0.1) is 0 Å². The Kier molecular flexibility index (Phi) is 4.11. The largest absolute Gasteiger partial charge is 0.392 e. The van der Waals surface area contributed by atoms with E-state index < -0.39 is 25.3 Å². The molecule has 0 spiro atoms. The molecule has 0 fully saturated rings. The summed E-state index contributed by atoms with van der Waals surface area (Å²) in [5, 5.41) is 8.59. The molecule has 6 nitrogen and oxygen atoms in total. The number of aliphatic hydroxyl groups is 1. The van der Waals surface area contributed by atoms with Crippen molar-refractivity contribution in [3.8, 4) is 0 Å². The fourth-order valence-electron chi connectivity index (χ4n) is 0.273. The molecule has 2 atom stereocenters. The topological polar surface area (TPSA) is 104 Å². The minimum absolute atomic E-state index is 0.269. The van der Waals surface area contributed by atoms with E-state index in [1.54, 1.807) is 4.72 Å². The van der Waals surface area contributed by atoms with Gasteiger partial charge in [0.25, 0.3) is 10.1 Å². The second-order valence-corrected chi connectivity index (χ2v) is 5.67. The second-order valence-electron chi connectivity index (χ2n) is 1.87. The molecule has 0 radical (unpaired) electrons. The molecule has 68 valence electrons. The SMILES string of the molecule is CC(O)CNS(=O)(=O)S(=O)O. The lowest BCUT2D eigenvalue weighted by Gasteiger charge is -2.03. The fourth-order valence-corrected chi connectivity index (χ4v) is 1.33. The van der Waals surface area contributed by atoms with Crippen LogP contribution in [0.25, 0.3) is 0 Å². The molecular formula is C3H9NO5S2. The molecule has 11 heavy (non-hydrogen) atoms. The van der Waals surface area contributed by atoms with E-state index in [1.165, 1.54) is 6.92 Å². The van der Waals surface area contributed by atoms with E-state index in [0.29, 0.717) is 0 Å². The molecule has 0 saturated heterocycles. The minimum atomic E-state index is -4.18. The van der Waals surface area contributed by atoms with Gasteiger partial charge in [-0.1, -0.05) is 0 Å². The first-order chi connectivity index (χ1) is 4.86. The molecule has 0 aliphatic rings. The average molecular weight is 203 g/mol. The molecular weight excluding hydrogens is 194 g/mol. The van der Waals surface area contributed by atoms with Gasteiger partial charge in [0.15, 0.2) is 0 Å². The molecule has 0 saturated carbocycles. The van der Waals surface area contributed by atoms with Crippen LogP contribution in [0.5, 0.6) is 0 Å². The van der Waals surface area contributed by atoms with Gasteiger partial charge in [0.2, 0.25) is 0 Å². The zero-order valence-corrected chi connectivity index (χ0v) is 7.35. The van der Waals surface area contributed by atoms with Crippen molar-refractivity contribution in [2.24, 2.45) is 0 Å². The van der Waals surface area contributed by atoms with Crippen molar-refractivity contribution in [1.82, 2.24) is 4.72 Å². The summed E-state index contributed by atoms with van der Waals surface area (Å²) in [6.07, 6.45) is -0.881. The van der Waals surface area contributed by atoms with Gasteiger partial charge < -0.3 is 5.11 Å². The van der Waals surface area contributed by atoms with Crippen LogP contribution in [0.4, 0.5) is 0 Å². The molecule has 0 aromatic heterocycles. The van der Waals surface area contributed by atoms with Crippen molar-refractivity contribution in [3.05, 3.63) is 0 Å². The van der Waals surface area contributed by atoms with Gasteiger partial charge >= 0.3 is 9.06 Å². The van der Waals surface area contributed by atoms with Crippen molar-refractivity contribution in [3.63, 3.8) is 0 Å². The summed E-state index contributed by atoms with van der Waals surface area (Å²) in [7, 11) is -7.12. The fraction of sp³-hybridized carbons (Fsp3) is 1.00. The molecule has 0 bridgehead atoms. The van der Waals surface area contributed by atoms with E-state index in [0.717, 1.165) is 0 Å². The van der Waals surface area contributed by atoms with Crippen LogP contribution >= 0.6 is 0 Å². The van der Waals surface area contributed by atoms with Crippen molar-refractivity contribution >= 4 is 19.2 Å². The summed E-state index contributed by atoms with van der Waals surface area (Å²) in [5.74, 6) is 0. The quantitative estimate of drug-likeness (QED) is 0.378. The molecule has 0 rings (SSSR count). The Morgan fingerprint density at radius 3 is 2.36 bits per heavy atom. The predicted molar refractivity (Wildman–Crippen MR) is 39.4 cm³/mol. The van der Waals surface area contributed by atoms with E-state index in [-0.39, 0.29) is 6.54 Å². The highest BCUT2D eigenvalue weighted by Crippen LogP contribution is 1.88. The van der Waals surface area contributed by atoms with Crippen molar-refractivity contribution in [2.45, 2.75) is 13.0 Å². The lowest BCUT2D eigenvalue weighted by Crippen LogP contribution is -2.32. The molecule has 0 aromatic rings. The number of nitrogens with one attached hydrogen (secondary N) is 1. The first kappa shape index (κ1) is 11.0. The zero-order chi connectivity index (χ0) is 9.07. The van der Waals surface area contributed by atoms with E-state index in [9.17, 15) is 12.6 Å². The van der Waals surface area contributed by atoms with Crippen molar-refractivity contribution < 1.29 is 22.3 Å². The summed E-state index contributed by atoms with van der Waals surface area (Å²) in [4.78, 5) is 0. The summed E-state index contributed by atoms with van der Waals surface area (Å²) in [6, 6.07) is 0. The van der Waals surface area contributed by atoms with Gasteiger partial charge in [-0.15, -0.1) is 0 Å². The second kappa shape index (κ2) is 4.12. The summed E-state index contributed by atoms with van der Waals surface area (Å²) >= 11 is 0. The monoisotopic (exact) mass is 203 g/mol. The number of hydrogen-bond acceptors (Lipinski definition) is 4. The highest BCUT2D eigenvalue weighted by atomic mass is 33.2. The van der Waals surface area contributed by atoms with Crippen molar-refractivity contribution in [2.75, 3.05) is 6.54 Å². The maximum Gasteiger partial charge on any atom is 0.318 e. The molecule has 3 N–H and O–H groups in total. The van der Waals surface area contributed by atoms with Gasteiger partial charge in [0, 0.05) is 6.54 Å². The van der Waals surface area contributed by atoms with Gasteiger partial charge in [-0.3, -0.25) is 4.55 Å². The third-order valence-corrected chi connectivity index (χ3v) is 3.12. The van der Waals surface area contributed by atoms with Gasteiger partial charge in [-0.05, 0) is 6.92 Å². The normalized spacial score (nSPS) is 17.7. The number of rotatable bonds is 4. The van der Waals surface area contributed by atoms with Crippen molar-refractivity contribution in [1.29, 1.82) is 0 Å². The maximum absolute atomic E-state index is 10.5. The van der Waals surface area contributed by atoms with Crippen LogP contribution in [0.2, 0.25) is 0 Å². The maximum atomic E-state index is 10.5. The van der Waals surface area contributed by atoms with Crippen LogP contribution < -0.4 is 4.72 Å². The molecule has 0 heterocycles. The molecule has 8 heteroatoms. The zero-order valence-electron chi connectivity index (χ0n) is 5.72. The van der Waals surface area contributed by atoms with E-state index in [1.807, 2.05) is 0 Å². The predicted octanol–water partition coefficient (Wildman–Crippen LogP) is -1.58. The van der Waals surface area contributed by atoms with E-state index in [4.69, 9.17) is 9.66 Å². The Bertz CT molecular complexity index is 232. The highest BCUT2D eigenvalue weighted by molar-refractivity contribution is 8.61. The molecule has 0 aliphatic heterocycles. The lowest BCUT2D eigenvalue weighted by molar-refractivity contribution is 0.199. The van der Waals surface area contributed by atoms with Crippen LogP contribution in [0.1, 0.15) is 6.92 Å². The van der Waals surface area contributed by atoms with Crippen LogP contribution in [-0.4, -0.2) is 34.9 Å². The Morgan fingerprint density at radius 2 is 2.09 bits per heavy atom. The molecule has 0 aromatic carbocycles. The summed E-state index contributed by atoms with van der Waals surface area (Å²) in [6.45, 7) is 1.08. The van der Waals surface area contributed by atoms with E-state index >= 15 is 0 Å². The number of hydrogen-bond donors (Lipinski definition) is 3. The third-order valence-electron chi connectivity index (χ3n) is 0.743. The Morgan fingerprint density at radius 1 is 1.64 bits per heavy atom. The molecule has 0 amide bonds.